The molecular formula is C8H12F5NO2. The first-order valence-electron chi connectivity index (χ1n) is 4.40. The van der Waals surface area contributed by atoms with Gasteiger partial charge in [0.25, 0.3) is 0 Å². The molecule has 0 aromatic rings. The molecule has 1 amide bonds. The van der Waals surface area contributed by atoms with Crippen LogP contribution in [0.3, 0.4) is 0 Å². The maximum absolute atomic E-state index is 12.5. The second-order valence-corrected chi connectivity index (χ2v) is 3.49. The molecule has 2 atom stereocenters. The molecule has 0 aliphatic carbocycles. The molecule has 0 aliphatic heterocycles. The highest BCUT2D eigenvalue weighted by atomic mass is 19.4. The summed E-state index contributed by atoms with van der Waals surface area (Å²) in [6.45, 7) is 2.20. The van der Waals surface area contributed by atoms with Crippen LogP contribution in [0.4, 0.5) is 22.0 Å². The maximum Gasteiger partial charge on any atom is 0.463 e. The zero-order valence-electron chi connectivity index (χ0n) is 8.61. The molecule has 0 spiro atoms. The van der Waals surface area contributed by atoms with E-state index in [4.69, 9.17) is 5.11 Å². The number of carbonyl (C=O) groups excluding carboxylic acids is 1. The number of aliphatic hydroxyl groups is 1. The molecule has 0 saturated heterocycles. The highest BCUT2D eigenvalue weighted by Crippen LogP contribution is 2.35. The number of rotatable bonds is 4. The number of alkyl halides is 5. The number of amides is 1. The molecule has 0 aliphatic rings. The molecule has 8 heteroatoms. The number of hydrogen-bond donors (Lipinski definition) is 2. The molecule has 0 aromatic carbocycles. The van der Waals surface area contributed by atoms with E-state index in [0.29, 0.717) is 0 Å². The van der Waals surface area contributed by atoms with Crippen LogP contribution >= 0.6 is 0 Å². The molecular weight excluding hydrogens is 237 g/mol. The Labute approximate surface area is 88.6 Å². The zero-order valence-corrected chi connectivity index (χ0v) is 8.61. The van der Waals surface area contributed by atoms with Crippen LogP contribution in [0.25, 0.3) is 0 Å². The highest BCUT2D eigenvalue weighted by molar-refractivity contribution is 5.84. The van der Waals surface area contributed by atoms with E-state index in [-0.39, 0.29) is 0 Å². The predicted octanol–water partition coefficient (Wildman–Crippen LogP) is 1.32. The fraction of sp³-hybridized carbons (Fsp3) is 0.875. The average Bonchev–Trinajstić information content (AvgIpc) is 2.14. The minimum Gasteiger partial charge on any atom is -0.396 e. The fourth-order valence-electron chi connectivity index (χ4n) is 0.727. The summed E-state index contributed by atoms with van der Waals surface area (Å²) >= 11 is 0. The van der Waals surface area contributed by atoms with Crippen LogP contribution in [0.1, 0.15) is 13.8 Å². The van der Waals surface area contributed by atoms with Crippen LogP contribution < -0.4 is 5.32 Å². The van der Waals surface area contributed by atoms with Gasteiger partial charge < -0.3 is 10.4 Å². The molecule has 0 radical (unpaired) electrons. The van der Waals surface area contributed by atoms with Crippen molar-refractivity contribution >= 4 is 5.91 Å². The van der Waals surface area contributed by atoms with E-state index in [1.807, 2.05) is 0 Å². The van der Waals surface area contributed by atoms with Gasteiger partial charge in [-0.15, -0.1) is 0 Å². The third-order valence-corrected chi connectivity index (χ3v) is 2.14. The molecule has 0 bridgehead atoms. The van der Waals surface area contributed by atoms with E-state index in [9.17, 15) is 26.7 Å². The van der Waals surface area contributed by atoms with E-state index < -0.39 is 36.6 Å². The molecule has 0 saturated carbocycles. The lowest BCUT2D eigenvalue weighted by Crippen LogP contribution is -2.53. The summed E-state index contributed by atoms with van der Waals surface area (Å²) in [6.07, 6.45) is -5.92. The van der Waals surface area contributed by atoms with Crippen LogP contribution in [0, 0.1) is 5.92 Å². The van der Waals surface area contributed by atoms with Crippen LogP contribution in [0.15, 0.2) is 0 Å². The van der Waals surface area contributed by atoms with Crippen LogP contribution in [0.2, 0.25) is 0 Å². The Morgan fingerprint density at radius 1 is 1.25 bits per heavy atom. The lowest BCUT2D eigenvalue weighted by molar-refractivity contribution is -0.270. The highest BCUT2D eigenvalue weighted by Gasteiger charge is 2.63. The summed E-state index contributed by atoms with van der Waals surface area (Å²) in [5.41, 5.74) is 0. The lowest BCUT2D eigenvalue weighted by Gasteiger charge is -2.24. The van der Waals surface area contributed by atoms with Crippen LogP contribution in [-0.2, 0) is 4.79 Å². The van der Waals surface area contributed by atoms with E-state index >= 15 is 0 Å². The van der Waals surface area contributed by atoms with Crippen molar-refractivity contribution in [1.82, 2.24) is 5.32 Å². The number of hydrogen-bond acceptors (Lipinski definition) is 2. The van der Waals surface area contributed by atoms with Gasteiger partial charge in [-0.1, -0.05) is 6.92 Å². The minimum absolute atomic E-state index is 0.432. The van der Waals surface area contributed by atoms with Crippen molar-refractivity contribution in [3.8, 4) is 0 Å². The van der Waals surface area contributed by atoms with E-state index in [1.54, 1.807) is 0 Å². The van der Waals surface area contributed by atoms with Gasteiger partial charge in [-0.3, -0.25) is 4.79 Å². The van der Waals surface area contributed by atoms with Crippen molar-refractivity contribution in [2.45, 2.75) is 32.0 Å². The molecule has 2 N–H and O–H groups in total. The number of carbonyl (C=O) groups is 1. The lowest BCUT2D eigenvalue weighted by atomic mass is 10.0. The standard InChI is InChI=1S/C8H12F5NO2/c1-4(3-15)5(2)14-6(16)7(9,10)8(11,12)13/h4-5,15H,3H2,1-2H3,(H,14,16). The Morgan fingerprint density at radius 2 is 1.69 bits per heavy atom. The summed E-state index contributed by atoms with van der Waals surface area (Å²) in [5.74, 6) is -8.45. The van der Waals surface area contributed by atoms with Gasteiger partial charge in [0.15, 0.2) is 0 Å². The maximum atomic E-state index is 12.5. The first kappa shape index (κ1) is 15.1. The monoisotopic (exact) mass is 249 g/mol. The summed E-state index contributed by atoms with van der Waals surface area (Å²) in [7, 11) is 0. The Kier molecular flexibility index (Phi) is 4.66. The molecule has 0 rings (SSSR count). The Morgan fingerprint density at radius 3 is 2.00 bits per heavy atom. The predicted molar refractivity (Wildman–Crippen MR) is 44.9 cm³/mol. The Hall–Kier alpha value is -0.920. The molecule has 96 valence electrons. The first-order valence-corrected chi connectivity index (χ1v) is 4.40. The van der Waals surface area contributed by atoms with Gasteiger partial charge in [0.1, 0.15) is 0 Å². The van der Waals surface area contributed by atoms with E-state index in [0.717, 1.165) is 0 Å². The zero-order chi connectivity index (χ0) is 13.1. The van der Waals surface area contributed by atoms with Gasteiger partial charge in [0, 0.05) is 12.6 Å². The second kappa shape index (κ2) is 4.94. The normalized spacial score (nSPS) is 16.8. The number of halogens is 5. The first-order chi connectivity index (χ1) is 7.04. The molecule has 2 unspecified atom stereocenters. The fourth-order valence-corrected chi connectivity index (χ4v) is 0.727. The van der Waals surface area contributed by atoms with Gasteiger partial charge in [0.05, 0.1) is 0 Å². The van der Waals surface area contributed by atoms with Crippen molar-refractivity contribution < 1.29 is 31.9 Å². The van der Waals surface area contributed by atoms with Crippen molar-refractivity contribution in [3.05, 3.63) is 0 Å². The van der Waals surface area contributed by atoms with Gasteiger partial charge >= 0.3 is 18.0 Å². The third-order valence-electron chi connectivity index (χ3n) is 2.14. The van der Waals surface area contributed by atoms with E-state index in [1.165, 1.54) is 19.2 Å². The van der Waals surface area contributed by atoms with Crippen LogP contribution in [0.5, 0.6) is 0 Å². The van der Waals surface area contributed by atoms with E-state index in [2.05, 4.69) is 0 Å². The second-order valence-electron chi connectivity index (χ2n) is 3.49. The van der Waals surface area contributed by atoms with Gasteiger partial charge in [-0.05, 0) is 12.8 Å². The summed E-state index contributed by atoms with van der Waals surface area (Å²) in [5, 5.41) is 10.1. The Bertz CT molecular complexity index is 253. The van der Waals surface area contributed by atoms with Gasteiger partial charge in [-0.2, -0.15) is 22.0 Å². The number of aliphatic hydroxyl groups excluding tert-OH is 1. The average molecular weight is 249 g/mol. The van der Waals surface area contributed by atoms with Crippen molar-refractivity contribution in [2.75, 3.05) is 6.61 Å². The molecule has 0 fully saturated rings. The summed E-state index contributed by atoms with van der Waals surface area (Å²) in [6, 6.07) is -0.981. The van der Waals surface area contributed by atoms with Crippen molar-refractivity contribution in [2.24, 2.45) is 5.92 Å². The minimum atomic E-state index is -5.92. The molecule has 0 aromatic heterocycles. The largest absolute Gasteiger partial charge is 0.463 e. The van der Waals surface area contributed by atoms with Gasteiger partial charge in [0.2, 0.25) is 0 Å². The van der Waals surface area contributed by atoms with Gasteiger partial charge in [-0.25, -0.2) is 0 Å². The quantitative estimate of drug-likeness (QED) is 0.738. The topological polar surface area (TPSA) is 49.3 Å². The molecule has 0 heterocycles. The number of nitrogens with one attached hydrogen (secondary N) is 1. The summed E-state index contributed by atoms with van der Waals surface area (Å²) < 4.78 is 60.2. The SMILES string of the molecule is CC(CO)C(C)NC(=O)C(F)(F)C(F)(F)F. The van der Waals surface area contributed by atoms with Crippen LogP contribution in [-0.4, -0.2) is 35.8 Å². The van der Waals surface area contributed by atoms with Crippen molar-refractivity contribution in [3.63, 3.8) is 0 Å². The third kappa shape index (κ3) is 3.29. The summed E-state index contributed by atoms with van der Waals surface area (Å²) in [4.78, 5) is 10.7. The smallest absolute Gasteiger partial charge is 0.396 e. The molecule has 16 heavy (non-hydrogen) atoms. The van der Waals surface area contributed by atoms with Crippen molar-refractivity contribution in [1.29, 1.82) is 0 Å². The Balaban J connectivity index is 4.59. The molecule has 3 nitrogen and oxygen atoms in total.